The lowest BCUT2D eigenvalue weighted by atomic mass is 10.1. The summed E-state index contributed by atoms with van der Waals surface area (Å²) in [6.07, 6.45) is 0. The Bertz CT molecular complexity index is 1120. The number of hydrogen-bond donors (Lipinski definition) is 2. The van der Waals surface area contributed by atoms with Crippen molar-refractivity contribution in [2.75, 3.05) is 19.5 Å². The molecule has 11 heteroatoms. The molecule has 0 saturated carbocycles. The highest BCUT2D eigenvalue weighted by Crippen LogP contribution is 2.33. The molecule has 0 aliphatic heterocycles. The minimum absolute atomic E-state index is 0.0219. The number of carbonyl (C=O) groups is 1. The third-order valence-corrected chi connectivity index (χ3v) is 4.94. The Labute approximate surface area is 180 Å². The van der Waals surface area contributed by atoms with Crippen LogP contribution in [0.25, 0.3) is 11.3 Å². The Kier molecular flexibility index (Phi) is 6.54. The zero-order chi connectivity index (χ0) is 21.7. The van der Waals surface area contributed by atoms with Crippen LogP contribution in [0.15, 0.2) is 47.8 Å². The second-order valence-corrected chi connectivity index (χ2v) is 7.06. The number of nitro benzene ring substituents is 1. The molecule has 154 valence electrons. The number of thiocarbonyl (C=S) groups is 1. The van der Waals surface area contributed by atoms with E-state index in [1.54, 1.807) is 26.4 Å². The van der Waals surface area contributed by atoms with Crippen molar-refractivity contribution in [3.63, 3.8) is 0 Å². The van der Waals surface area contributed by atoms with Gasteiger partial charge in [-0.3, -0.25) is 20.2 Å². The molecular formula is C19H16N4O5S2. The molecule has 3 rings (SSSR count). The molecule has 0 fully saturated rings. The van der Waals surface area contributed by atoms with Crippen molar-refractivity contribution in [2.45, 2.75) is 0 Å². The Morgan fingerprint density at radius 1 is 1.17 bits per heavy atom. The summed E-state index contributed by atoms with van der Waals surface area (Å²) in [5.74, 6) is 0.495. The molecule has 0 saturated heterocycles. The van der Waals surface area contributed by atoms with Crippen molar-refractivity contribution in [1.29, 1.82) is 0 Å². The quantitative estimate of drug-likeness (QED) is 0.334. The number of para-hydroxylation sites is 1. The predicted octanol–water partition coefficient (Wildman–Crippen LogP) is 3.86. The molecule has 1 amide bonds. The number of anilines is 1. The summed E-state index contributed by atoms with van der Waals surface area (Å²) in [7, 11) is 3.11. The summed E-state index contributed by atoms with van der Waals surface area (Å²) in [5, 5.41) is 18.6. The molecule has 0 aliphatic carbocycles. The molecule has 0 bridgehead atoms. The van der Waals surface area contributed by atoms with E-state index in [1.165, 1.54) is 35.6 Å². The largest absolute Gasteiger partial charge is 0.493 e. The number of thiazole rings is 1. The third kappa shape index (κ3) is 4.70. The standard InChI is InChI=1S/C19H16N4O5S2/c1-27-15-8-7-11(9-16(15)28-2)13-10-30-19(20-13)22-18(29)21-17(24)12-5-3-4-6-14(12)23(25)26/h3-10H,1-2H3,(H2,20,21,22,24,29). The minimum Gasteiger partial charge on any atom is -0.493 e. The predicted molar refractivity (Wildman–Crippen MR) is 117 cm³/mol. The first-order valence-corrected chi connectivity index (χ1v) is 9.75. The molecule has 0 aliphatic rings. The molecule has 2 aromatic carbocycles. The zero-order valence-corrected chi connectivity index (χ0v) is 17.5. The molecule has 0 spiro atoms. The van der Waals surface area contributed by atoms with Crippen LogP contribution in [-0.4, -0.2) is 35.1 Å². The molecule has 30 heavy (non-hydrogen) atoms. The smallest absolute Gasteiger partial charge is 0.282 e. The van der Waals surface area contributed by atoms with Gasteiger partial charge in [-0.1, -0.05) is 12.1 Å². The number of nitrogens with zero attached hydrogens (tertiary/aromatic N) is 2. The van der Waals surface area contributed by atoms with Crippen LogP contribution in [-0.2, 0) is 0 Å². The van der Waals surface area contributed by atoms with E-state index in [0.717, 1.165) is 5.56 Å². The van der Waals surface area contributed by atoms with Gasteiger partial charge in [-0.2, -0.15) is 0 Å². The molecule has 0 atom stereocenters. The van der Waals surface area contributed by atoms with Crippen LogP contribution in [0.2, 0.25) is 0 Å². The molecular weight excluding hydrogens is 428 g/mol. The normalized spacial score (nSPS) is 10.2. The first-order chi connectivity index (χ1) is 14.4. The van der Waals surface area contributed by atoms with E-state index in [4.69, 9.17) is 21.7 Å². The van der Waals surface area contributed by atoms with Crippen LogP contribution in [0.1, 0.15) is 10.4 Å². The van der Waals surface area contributed by atoms with Gasteiger partial charge in [0.15, 0.2) is 21.7 Å². The van der Waals surface area contributed by atoms with Gasteiger partial charge >= 0.3 is 0 Å². The van der Waals surface area contributed by atoms with Crippen LogP contribution in [0, 0.1) is 10.1 Å². The fraction of sp³-hybridized carbons (Fsp3) is 0.105. The molecule has 1 aromatic heterocycles. The van der Waals surface area contributed by atoms with Crippen molar-refractivity contribution in [3.05, 3.63) is 63.5 Å². The number of rotatable bonds is 6. The highest BCUT2D eigenvalue weighted by Gasteiger charge is 2.20. The van der Waals surface area contributed by atoms with E-state index >= 15 is 0 Å². The van der Waals surface area contributed by atoms with Gasteiger partial charge < -0.3 is 14.8 Å². The van der Waals surface area contributed by atoms with E-state index in [1.807, 2.05) is 11.4 Å². The highest BCUT2D eigenvalue weighted by molar-refractivity contribution is 7.80. The van der Waals surface area contributed by atoms with E-state index in [2.05, 4.69) is 15.6 Å². The summed E-state index contributed by atoms with van der Waals surface area (Å²) in [6.45, 7) is 0. The lowest BCUT2D eigenvalue weighted by Crippen LogP contribution is -2.34. The number of ether oxygens (including phenoxy) is 2. The summed E-state index contributed by atoms with van der Waals surface area (Å²) >= 11 is 6.42. The third-order valence-electron chi connectivity index (χ3n) is 3.98. The van der Waals surface area contributed by atoms with Gasteiger partial charge in [0.1, 0.15) is 5.56 Å². The number of benzene rings is 2. The Balaban J connectivity index is 1.70. The molecule has 2 N–H and O–H groups in total. The fourth-order valence-electron chi connectivity index (χ4n) is 2.58. The number of nitrogens with one attached hydrogen (secondary N) is 2. The summed E-state index contributed by atoms with van der Waals surface area (Å²) in [5.41, 5.74) is 1.10. The van der Waals surface area contributed by atoms with Crippen molar-refractivity contribution < 1.29 is 19.2 Å². The maximum atomic E-state index is 12.3. The Morgan fingerprint density at radius 3 is 2.60 bits per heavy atom. The second kappa shape index (κ2) is 9.29. The van der Waals surface area contributed by atoms with Gasteiger partial charge in [-0.25, -0.2) is 4.98 Å². The van der Waals surface area contributed by atoms with Gasteiger partial charge in [0, 0.05) is 17.0 Å². The van der Waals surface area contributed by atoms with Crippen LogP contribution >= 0.6 is 23.6 Å². The van der Waals surface area contributed by atoms with E-state index in [9.17, 15) is 14.9 Å². The number of carbonyl (C=O) groups excluding carboxylic acids is 1. The van der Waals surface area contributed by atoms with Gasteiger partial charge in [0.2, 0.25) is 0 Å². The van der Waals surface area contributed by atoms with E-state index < -0.39 is 10.8 Å². The molecule has 0 unspecified atom stereocenters. The monoisotopic (exact) mass is 444 g/mol. The average Bonchev–Trinajstić information content (AvgIpc) is 3.21. The van der Waals surface area contributed by atoms with Crippen LogP contribution in [0.4, 0.5) is 10.8 Å². The van der Waals surface area contributed by atoms with Crippen molar-refractivity contribution in [2.24, 2.45) is 0 Å². The summed E-state index contributed by atoms with van der Waals surface area (Å²) in [6, 6.07) is 11.0. The molecule has 3 aromatic rings. The number of aromatic nitrogens is 1. The van der Waals surface area contributed by atoms with Gasteiger partial charge in [0.25, 0.3) is 11.6 Å². The van der Waals surface area contributed by atoms with Crippen LogP contribution in [0.3, 0.4) is 0 Å². The molecule has 1 heterocycles. The topological polar surface area (TPSA) is 116 Å². The van der Waals surface area contributed by atoms with Crippen molar-refractivity contribution in [3.8, 4) is 22.8 Å². The molecule has 0 radical (unpaired) electrons. The average molecular weight is 444 g/mol. The van der Waals surface area contributed by atoms with Gasteiger partial charge in [0.05, 0.1) is 24.8 Å². The van der Waals surface area contributed by atoms with Gasteiger partial charge in [-0.05, 0) is 36.5 Å². The van der Waals surface area contributed by atoms with Crippen LogP contribution in [0.5, 0.6) is 11.5 Å². The maximum absolute atomic E-state index is 12.3. The lowest BCUT2D eigenvalue weighted by Gasteiger charge is -2.08. The fourth-order valence-corrected chi connectivity index (χ4v) is 3.56. The Morgan fingerprint density at radius 2 is 1.90 bits per heavy atom. The number of nitro groups is 1. The van der Waals surface area contributed by atoms with E-state index in [-0.39, 0.29) is 16.4 Å². The summed E-state index contributed by atoms with van der Waals surface area (Å²) in [4.78, 5) is 27.2. The summed E-state index contributed by atoms with van der Waals surface area (Å²) < 4.78 is 10.5. The highest BCUT2D eigenvalue weighted by atomic mass is 32.1. The maximum Gasteiger partial charge on any atom is 0.282 e. The molecule has 9 nitrogen and oxygen atoms in total. The number of hydrogen-bond acceptors (Lipinski definition) is 8. The number of amides is 1. The first kappa shape index (κ1) is 21.1. The van der Waals surface area contributed by atoms with Crippen molar-refractivity contribution >= 4 is 45.4 Å². The van der Waals surface area contributed by atoms with E-state index in [0.29, 0.717) is 22.3 Å². The zero-order valence-electron chi connectivity index (χ0n) is 15.9. The first-order valence-electron chi connectivity index (χ1n) is 8.46. The van der Waals surface area contributed by atoms with Crippen molar-refractivity contribution in [1.82, 2.24) is 10.3 Å². The lowest BCUT2D eigenvalue weighted by molar-refractivity contribution is -0.385. The van der Waals surface area contributed by atoms with Gasteiger partial charge in [-0.15, -0.1) is 11.3 Å². The number of methoxy groups -OCH3 is 2. The minimum atomic E-state index is -0.684. The SMILES string of the molecule is COc1ccc(-c2csc(NC(=S)NC(=O)c3ccccc3[N+](=O)[O-])n2)cc1OC. The Hall–Kier alpha value is -3.57. The van der Waals surface area contributed by atoms with Crippen LogP contribution < -0.4 is 20.1 Å². The second-order valence-electron chi connectivity index (χ2n) is 5.79.